The second kappa shape index (κ2) is 6.67. The lowest BCUT2D eigenvalue weighted by molar-refractivity contribution is -0.136. The molecule has 0 amide bonds. The zero-order valence-corrected chi connectivity index (χ0v) is 9.97. The first kappa shape index (κ1) is 13.2. The number of carbonyl (C=O) groups is 1. The van der Waals surface area contributed by atoms with Crippen molar-refractivity contribution in [2.45, 2.75) is 26.7 Å². The average Bonchev–Trinajstić information content (AvgIpc) is 2.28. The minimum atomic E-state index is -0.860. The van der Waals surface area contributed by atoms with Crippen molar-refractivity contribution in [1.29, 1.82) is 0 Å². The minimum absolute atomic E-state index is 0.0252. The number of ether oxygens (including phenoxy) is 2. The van der Waals surface area contributed by atoms with E-state index in [1.807, 2.05) is 13.8 Å². The molecule has 0 atom stereocenters. The van der Waals surface area contributed by atoms with Gasteiger partial charge in [-0.15, -0.1) is 0 Å². The van der Waals surface area contributed by atoms with E-state index in [4.69, 9.17) is 14.6 Å². The Bertz CT molecular complexity index is 382. The predicted octanol–water partition coefficient (Wildman–Crippen LogP) is 1.29. The van der Waals surface area contributed by atoms with E-state index >= 15 is 0 Å². The van der Waals surface area contributed by atoms with Crippen LogP contribution in [0.1, 0.15) is 25.8 Å². The number of hydrogen-bond donors (Lipinski definition) is 1. The Morgan fingerprint density at radius 1 is 1.35 bits per heavy atom. The van der Waals surface area contributed by atoms with Crippen LogP contribution in [0.25, 0.3) is 0 Å². The summed E-state index contributed by atoms with van der Waals surface area (Å²) in [5.74, 6) is -0.464. The molecular weight excluding hydrogens is 224 g/mol. The highest BCUT2D eigenvalue weighted by Crippen LogP contribution is 2.19. The molecule has 94 valence electrons. The van der Waals surface area contributed by atoms with Crippen molar-refractivity contribution < 1.29 is 19.4 Å². The SMILES string of the molecule is CCOc1ncc(CCC(=O)O)c(OCC)n1. The Morgan fingerprint density at radius 3 is 2.65 bits per heavy atom. The topological polar surface area (TPSA) is 81.5 Å². The molecule has 0 unspecified atom stereocenters. The van der Waals surface area contributed by atoms with Crippen molar-refractivity contribution in [3.05, 3.63) is 11.8 Å². The van der Waals surface area contributed by atoms with Crippen molar-refractivity contribution in [1.82, 2.24) is 9.97 Å². The number of hydrogen-bond acceptors (Lipinski definition) is 5. The number of aromatic nitrogens is 2. The van der Waals surface area contributed by atoms with Gasteiger partial charge >= 0.3 is 12.0 Å². The summed E-state index contributed by atoms with van der Waals surface area (Å²) in [5, 5.41) is 8.63. The fraction of sp³-hybridized carbons (Fsp3) is 0.545. The molecule has 1 N–H and O–H groups in total. The van der Waals surface area contributed by atoms with Crippen LogP contribution in [0.5, 0.6) is 11.9 Å². The maximum Gasteiger partial charge on any atom is 0.319 e. The number of aliphatic carboxylic acids is 1. The standard InChI is InChI=1S/C11H16N2O4/c1-3-16-10-8(5-6-9(14)15)7-12-11(13-10)17-4-2/h7H,3-6H2,1-2H3,(H,14,15). The molecular formula is C11H16N2O4. The lowest BCUT2D eigenvalue weighted by Gasteiger charge is -2.09. The zero-order valence-electron chi connectivity index (χ0n) is 9.97. The van der Waals surface area contributed by atoms with E-state index in [0.29, 0.717) is 31.1 Å². The van der Waals surface area contributed by atoms with Gasteiger partial charge in [0.1, 0.15) is 0 Å². The van der Waals surface area contributed by atoms with Gasteiger partial charge in [-0.1, -0.05) is 0 Å². The molecule has 0 bridgehead atoms. The Kier molecular flexibility index (Phi) is 5.19. The number of nitrogens with zero attached hydrogens (tertiary/aromatic N) is 2. The number of carboxylic acids is 1. The van der Waals surface area contributed by atoms with Crippen LogP contribution in [0.15, 0.2) is 6.20 Å². The second-order valence-electron chi connectivity index (χ2n) is 3.24. The molecule has 1 aromatic heterocycles. The first-order chi connectivity index (χ1) is 8.17. The van der Waals surface area contributed by atoms with Crippen molar-refractivity contribution in [2.75, 3.05) is 13.2 Å². The number of carboxylic acid groups (broad SMARTS) is 1. The van der Waals surface area contributed by atoms with Gasteiger partial charge in [-0.3, -0.25) is 4.79 Å². The highest BCUT2D eigenvalue weighted by molar-refractivity contribution is 5.67. The van der Waals surface area contributed by atoms with Gasteiger partial charge in [-0.25, -0.2) is 4.98 Å². The van der Waals surface area contributed by atoms with Gasteiger partial charge in [0.25, 0.3) is 0 Å². The molecule has 1 heterocycles. The molecule has 0 aliphatic heterocycles. The summed E-state index contributed by atoms with van der Waals surface area (Å²) in [6.45, 7) is 4.61. The third kappa shape index (κ3) is 4.26. The van der Waals surface area contributed by atoms with Crippen molar-refractivity contribution >= 4 is 5.97 Å². The molecule has 0 aliphatic carbocycles. The van der Waals surface area contributed by atoms with Gasteiger partial charge in [0.05, 0.1) is 13.2 Å². The van der Waals surface area contributed by atoms with Gasteiger partial charge in [0.2, 0.25) is 5.88 Å². The van der Waals surface area contributed by atoms with Crippen molar-refractivity contribution in [2.24, 2.45) is 0 Å². The van der Waals surface area contributed by atoms with Gasteiger partial charge in [0.15, 0.2) is 0 Å². The van der Waals surface area contributed by atoms with Crippen LogP contribution in [0.2, 0.25) is 0 Å². The van der Waals surface area contributed by atoms with Gasteiger partial charge < -0.3 is 14.6 Å². The Morgan fingerprint density at radius 2 is 2.06 bits per heavy atom. The van der Waals surface area contributed by atoms with E-state index in [0.717, 1.165) is 0 Å². The third-order valence-electron chi connectivity index (χ3n) is 1.97. The van der Waals surface area contributed by atoms with Crippen LogP contribution >= 0.6 is 0 Å². The van der Waals surface area contributed by atoms with Gasteiger partial charge in [-0.2, -0.15) is 4.98 Å². The molecule has 0 saturated heterocycles. The molecule has 0 fully saturated rings. The summed E-state index contributed by atoms with van der Waals surface area (Å²) >= 11 is 0. The quantitative estimate of drug-likeness (QED) is 0.773. The van der Waals surface area contributed by atoms with Crippen LogP contribution < -0.4 is 9.47 Å². The third-order valence-corrected chi connectivity index (χ3v) is 1.97. The number of aryl methyl sites for hydroxylation is 1. The summed E-state index contributed by atoms with van der Waals surface area (Å²) in [4.78, 5) is 18.6. The molecule has 0 spiro atoms. The highest BCUT2D eigenvalue weighted by Gasteiger charge is 2.10. The van der Waals surface area contributed by atoms with Crippen LogP contribution in [0.3, 0.4) is 0 Å². The van der Waals surface area contributed by atoms with Crippen molar-refractivity contribution in [3.8, 4) is 11.9 Å². The van der Waals surface area contributed by atoms with Crippen LogP contribution in [0, 0.1) is 0 Å². The smallest absolute Gasteiger partial charge is 0.319 e. The van der Waals surface area contributed by atoms with E-state index in [-0.39, 0.29) is 12.4 Å². The Labute approximate surface area is 99.6 Å². The second-order valence-corrected chi connectivity index (χ2v) is 3.24. The Hall–Kier alpha value is -1.85. The molecule has 6 heteroatoms. The first-order valence-electron chi connectivity index (χ1n) is 5.50. The highest BCUT2D eigenvalue weighted by atomic mass is 16.5. The first-order valence-corrected chi connectivity index (χ1v) is 5.50. The van der Waals surface area contributed by atoms with E-state index < -0.39 is 5.97 Å². The number of rotatable bonds is 7. The summed E-state index contributed by atoms with van der Waals surface area (Å²) in [5.41, 5.74) is 0.678. The lowest BCUT2D eigenvalue weighted by atomic mass is 10.2. The molecule has 1 rings (SSSR count). The van der Waals surface area contributed by atoms with E-state index in [1.54, 1.807) is 6.20 Å². The summed E-state index contributed by atoms with van der Waals surface area (Å²) < 4.78 is 10.5. The van der Waals surface area contributed by atoms with E-state index in [1.165, 1.54) is 0 Å². The normalized spacial score (nSPS) is 10.0. The lowest BCUT2D eigenvalue weighted by Crippen LogP contribution is -2.06. The fourth-order valence-corrected chi connectivity index (χ4v) is 1.25. The van der Waals surface area contributed by atoms with E-state index in [9.17, 15) is 4.79 Å². The maximum atomic E-state index is 10.5. The largest absolute Gasteiger partial charge is 0.481 e. The zero-order chi connectivity index (χ0) is 12.7. The van der Waals surface area contributed by atoms with Crippen LogP contribution in [0.4, 0.5) is 0 Å². The van der Waals surface area contributed by atoms with Crippen LogP contribution in [-0.2, 0) is 11.2 Å². The predicted molar refractivity (Wildman–Crippen MR) is 60.3 cm³/mol. The Balaban J connectivity index is 2.83. The molecule has 6 nitrogen and oxygen atoms in total. The summed E-state index contributed by atoms with van der Waals surface area (Å²) in [7, 11) is 0. The average molecular weight is 240 g/mol. The fourth-order valence-electron chi connectivity index (χ4n) is 1.25. The maximum absolute atomic E-state index is 10.5. The van der Waals surface area contributed by atoms with Gasteiger partial charge in [0, 0.05) is 18.2 Å². The molecule has 0 radical (unpaired) electrons. The molecule has 1 aromatic rings. The van der Waals surface area contributed by atoms with Crippen LogP contribution in [-0.4, -0.2) is 34.3 Å². The summed E-state index contributed by atoms with van der Waals surface area (Å²) in [6.07, 6.45) is 1.92. The molecule has 0 aliphatic rings. The monoisotopic (exact) mass is 240 g/mol. The molecule has 17 heavy (non-hydrogen) atoms. The van der Waals surface area contributed by atoms with Crippen molar-refractivity contribution in [3.63, 3.8) is 0 Å². The molecule has 0 aromatic carbocycles. The van der Waals surface area contributed by atoms with Gasteiger partial charge in [-0.05, 0) is 20.3 Å². The summed E-state index contributed by atoms with van der Waals surface area (Å²) in [6, 6.07) is 0.245. The van der Waals surface area contributed by atoms with E-state index in [2.05, 4.69) is 9.97 Å². The molecule has 0 saturated carbocycles. The minimum Gasteiger partial charge on any atom is -0.481 e.